The van der Waals surface area contributed by atoms with Crippen molar-refractivity contribution in [2.24, 2.45) is 0 Å². The van der Waals surface area contributed by atoms with Gasteiger partial charge in [0.25, 0.3) is 0 Å². The monoisotopic (exact) mass is 324 g/mol. The fourth-order valence-electron chi connectivity index (χ4n) is 1.67. The van der Waals surface area contributed by atoms with Gasteiger partial charge in [0, 0.05) is 31.7 Å². The van der Waals surface area contributed by atoms with Crippen molar-refractivity contribution in [2.45, 2.75) is 13.1 Å². The molecule has 0 unspecified atom stereocenters. The van der Waals surface area contributed by atoms with Crippen molar-refractivity contribution in [1.29, 1.82) is 0 Å². The van der Waals surface area contributed by atoms with Crippen molar-refractivity contribution in [2.75, 3.05) is 19.0 Å². The average molecular weight is 325 g/mol. The third kappa shape index (κ3) is 4.91. The molecule has 2 rings (SSSR count). The van der Waals surface area contributed by atoms with Crippen molar-refractivity contribution in [3.05, 3.63) is 45.2 Å². The van der Waals surface area contributed by atoms with Crippen LogP contribution in [0.25, 0.3) is 0 Å². The summed E-state index contributed by atoms with van der Waals surface area (Å²) in [5.74, 6) is 0.864. The largest absolute Gasteiger partial charge is 0.363 e. The molecule has 0 fully saturated rings. The predicted octanol–water partition coefficient (Wildman–Crippen LogP) is 2.86. The standard InChI is InChI=1S/C14H17ClN4OS/c1-19(2)13-7-10(5-6-16-13)8-17-14(20)18-9-11-3-4-12(15)21-11/h3-7H,8-9H2,1-2H3,(H2,17,18,20). The average Bonchev–Trinajstić information content (AvgIpc) is 2.89. The number of aromatic nitrogens is 1. The molecule has 0 aliphatic rings. The molecule has 0 aliphatic heterocycles. The minimum absolute atomic E-state index is 0.206. The van der Waals surface area contributed by atoms with Gasteiger partial charge in [-0.1, -0.05) is 11.6 Å². The number of carbonyl (C=O) groups excluding carboxylic acids is 1. The second-order valence-electron chi connectivity index (χ2n) is 4.66. The summed E-state index contributed by atoms with van der Waals surface area (Å²) in [5, 5.41) is 5.61. The third-order valence-corrected chi connectivity index (χ3v) is 4.00. The second kappa shape index (κ2) is 7.28. The van der Waals surface area contributed by atoms with E-state index < -0.39 is 0 Å². The molecule has 0 aromatic carbocycles. The molecular formula is C14H17ClN4OS. The van der Waals surface area contributed by atoms with Crippen LogP contribution in [0.3, 0.4) is 0 Å². The van der Waals surface area contributed by atoms with Crippen LogP contribution >= 0.6 is 22.9 Å². The number of nitrogens with one attached hydrogen (secondary N) is 2. The van der Waals surface area contributed by atoms with Crippen LogP contribution in [0.5, 0.6) is 0 Å². The first kappa shape index (κ1) is 15.6. The summed E-state index contributed by atoms with van der Waals surface area (Å²) in [6.45, 7) is 0.933. The van der Waals surface area contributed by atoms with Crippen LogP contribution in [0, 0.1) is 0 Å². The van der Waals surface area contributed by atoms with E-state index in [1.54, 1.807) is 6.20 Å². The first-order valence-corrected chi connectivity index (χ1v) is 7.62. The molecule has 0 atom stereocenters. The second-order valence-corrected chi connectivity index (χ2v) is 6.46. The lowest BCUT2D eigenvalue weighted by Gasteiger charge is -2.12. The molecule has 2 heterocycles. The summed E-state index contributed by atoms with van der Waals surface area (Å²) in [6.07, 6.45) is 1.73. The lowest BCUT2D eigenvalue weighted by Crippen LogP contribution is -2.34. The molecule has 2 aromatic rings. The number of carbonyl (C=O) groups is 1. The van der Waals surface area contributed by atoms with Crippen LogP contribution < -0.4 is 15.5 Å². The number of anilines is 1. The predicted molar refractivity (Wildman–Crippen MR) is 87.0 cm³/mol. The van der Waals surface area contributed by atoms with E-state index >= 15 is 0 Å². The number of hydrogen-bond acceptors (Lipinski definition) is 4. The Balaban J connectivity index is 1.79. The molecular weight excluding hydrogens is 308 g/mol. The van der Waals surface area contributed by atoms with Gasteiger partial charge in [-0.05, 0) is 29.8 Å². The highest BCUT2D eigenvalue weighted by Crippen LogP contribution is 2.20. The number of hydrogen-bond donors (Lipinski definition) is 2. The van der Waals surface area contributed by atoms with Gasteiger partial charge in [-0.25, -0.2) is 9.78 Å². The topological polar surface area (TPSA) is 57.3 Å². The molecule has 7 heteroatoms. The number of urea groups is 1. The number of nitrogens with zero attached hydrogens (tertiary/aromatic N) is 2. The zero-order chi connectivity index (χ0) is 15.2. The number of amides is 2. The SMILES string of the molecule is CN(C)c1cc(CNC(=O)NCc2ccc(Cl)s2)ccn1. The minimum Gasteiger partial charge on any atom is -0.363 e. The number of halogens is 1. The number of thiophene rings is 1. The van der Waals surface area contributed by atoms with Crippen molar-refractivity contribution in [3.8, 4) is 0 Å². The van der Waals surface area contributed by atoms with E-state index in [2.05, 4.69) is 15.6 Å². The normalized spacial score (nSPS) is 10.2. The van der Waals surface area contributed by atoms with Gasteiger partial charge >= 0.3 is 6.03 Å². The summed E-state index contributed by atoms with van der Waals surface area (Å²) in [6, 6.07) is 7.34. The molecule has 0 spiro atoms. The summed E-state index contributed by atoms with van der Waals surface area (Å²) in [7, 11) is 3.86. The molecule has 112 valence electrons. The van der Waals surface area contributed by atoms with E-state index in [1.807, 2.05) is 43.3 Å². The van der Waals surface area contributed by atoms with Crippen LogP contribution in [-0.4, -0.2) is 25.1 Å². The van der Waals surface area contributed by atoms with Crippen LogP contribution in [0.15, 0.2) is 30.5 Å². The fourth-order valence-corrected chi connectivity index (χ4v) is 2.70. The first-order chi connectivity index (χ1) is 10.0. The number of pyridine rings is 1. The van der Waals surface area contributed by atoms with Gasteiger partial charge in [0.05, 0.1) is 10.9 Å². The fraction of sp³-hybridized carbons (Fsp3) is 0.286. The molecule has 2 amide bonds. The van der Waals surface area contributed by atoms with Gasteiger partial charge in [-0.3, -0.25) is 0 Å². The van der Waals surface area contributed by atoms with E-state index in [0.717, 1.165) is 20.6 Å². The van der Waals surface area contributed by atoms with Crippen molar-refractivity contribution < 1.29 is 4.79 Å². The van der Waals surface area contributed by atoms with Crippen molar-refractivity contribution in [1.82, 2.24) is 15.6 Å². The maximum Gasteiger partial charge on any atom is 0.315 e. The Labute approximate surface area is 132 Å². The summed E-state index contributed by atoms with van der Waals surface area (Å²) in [4.78, 5) is 18.9. The molecule has 2 aromatic heterocycles. The zero-order valence-corrected chi connectivity index (χ0v) is 13.5. The van der Waals surface area contributed by atoms with Crippen molar-refractivity contribution >= 4 is 34.8 Å². The van der Waals surface area contributed by atoms with Gasteiger partial charge in [-0.15, -0.1) is 11.3 Å². The van der Waals surface area contributed by atoms with Crippen LogP contribution in [0.4, 0.5) is 10.6 Å². The molecule has 0 bridgehead atoms. The van der Waals surface area contributed by atoms with Crippen LogP contribution in [-0.2, 0) is 13.1 Å². The Hall–Kier alpha value is -1.79. The van der Waals surface area contributed by atoms with Crippen LogP contribution in [0.1, 0.15) is 10.4 Å². The Morgan fingerprint density at radius 1 is 1.29 bits per heavy atom. The van der Waals surface area contributed by atoms with Gasteiger partial charge in [-0.2, -0.15) is 0 Å². The zero-order valence-electron chi connectivity index (χ0n) is 11.9. The summed E-state index contributed by atoms with van der Waals surface area (Å²) >= 11 is 7.30. The van der Waals surface area contributed by atoms with Crippen molar-refractivity contribution in [3.63, 3.8) is 0 Å². The molecule has 5 nitrogen and oxygen atoms in total. The highest BCUT2D eigenvalue weighted by molar-refractivity contribution is 7.16. The lowest BCUT2D eigenvalue weighted by atomic mass is 10.2. The molecule has 0 radical (unpaired) electrons. The molecule has 0 saturated heterocycles. The number of rotatable bonds is 5. The third-order valence-electron chi connectivity index (χ3n) is 2.77. The van der Waals surface area contributed by atoms with E-state index in [1.165, 1.54) is 11.3 Å². The van der Waals surface area contributed by atoms with E-state index in [0.29, 0.717) is 13.1 Å². The summed E-state index contributed by atoms with van der Waals surface area (Å²) < 4.78 is 0.722. The van der Waals surface area contributed by atoms with Gasteiger partial charge in [0.15, 0.2) is 0 Å². The smallest absolute Gasteiger partial charge is 0.315 e. The highest BCUT2D eigenvalue weighted by atomic mass is 35.5. The maximum atomic E-state index is 11.7. The Morgan fingerprint density at radius 2 is 2.05 bits per heavy atom. The molecule has 21 heavy (non-hydrogen) atoms. The van der Waals surface area contributed by atoms with E-state index in [-0.39, 0.29) is 6.03 Å². The Kier molecular flexibility index (Phi) is 5.41. The molecule has 2 N–H and O–H groups in total. The van der Waals surface area contributed by atoms with E-state index in [4.69, 9.17) is 11.6 Å². The maximum absolute atomic E-state index is 11.7. The van der Waals surface area contributed by atoms with Gasteiger partial charge in [0.2, 0.25) is 0 Å². The Bertz CT molecular complexity index is 615. The van der Waals surface area contributed by atoms with Gasteiger partial charge in [0.1, 0.15) is 5.82 Å². The van der Waals surface area contributed by atoms with Gasteiger partial charge < -0.3 is 15.5 Å². The lowest BCUT2D eigenvalue weighted by molar-refractivity contribution is 0.240. The van der Waals surface area contributed by atoms with Crippen LogP contribution in [0.2, 0.25) is 4.34 Å². The quantitative estimate of drug-likeness (QED) is 0.889. The molecule has 0 aliphatic carbocycles. The summed E-state index contributed by atoms with van der Waals surface area (Å²) in [5.41, 5.74) is 1.00. The Morgan fingerprint density at radius 3 is 2.71 bits per heavy atom. The molecule has 0 saturated carbocycles. The minimum atomic E-state index is -0.206. The highest BCUT2D eigenvalue weighted by Gasteiger charge is 2.04. The first-order valence-electron chi connectivity index (χ1n) is 6.43. The van der Waals surface area contributed by atoms with E-state index in [9.17, 15) is 4.79 Å².